The van der Waals surface area contributed by atoms with Crippen LogP contribution in [0.25, 0.3) is 22.4 Å². The third kappa shape index (κ3) is 4.78. The molecule has 6 nitrogen and oxygen atoms in total. The van der Waals surface area contributed by atoms with Crippen molar-refractivity contribution in [3.8, 4) is 22.4 Å². The Morgan fingerprint density at radius 2 is 1.96 bits per heavy atom. The highest BCUT2D eigenvalue weighted by molar-refractivity contribution is 7.82. The van der Waals surface area contributed by atoms with Gasteiger partial charge in [0.2, 0.25) is 0 Å². The van der Waals surface area contributed by atoms with E-state index in [1.54, 1.807) is 19.1 Å². The van der Waals surface area contributed by atoms with Gasteiger partial charge in [-0.2, -0.15) is 0 Å². The molecular formula is C20H21FN4O2S. The minimum absolute atomic E-state index is 0.103. The van der Waals surface area contributed by atoms with Crippen LogP contribution in [0.15, 0.2) is 54.9 Å². The molecule has 0 saturated heterocycles. The van der Waals surface area contributed by atoms with Crippen LogP contribution in [0.2, 0.25) is 0 Å². The van der Waals surface area contributed by atoms with Crippen molar-refractivity contribution >= 4 is 16.8 Å². The summed E-state index contributed by atoms with van der Waals surface area (Å²) in [7, 11) is -1.36. The quantitative estimate of drug-likeness (QED) is 0.566. The summed E-state index contributed by atoms with van der Waals surface area (Å²) < 4.78 is 29.8. The van der Waals surface area contributed by atoms with Gasteiger partial charge < -0.3 is 10.8 Å². The van der Waals surface area contributed by atoms with Crippen molar-refractivity contribution in [3.05, 3.63) is 66.2 Å². The number of nitrogens with two attached hydrogens (primary N) is 1. The predicted molar refractivity (Wildman–Crippen MR) is 109 cm³/mol. The van der Waals surface area contributed by atoms with Crippen LogP contribution >= 0.6 is 0 Å². The van der Waals surface area contributed by atoms with Crippen molar-refractivity contribution in [2.45, 2.75) is 18.7 Å². The van der Waals surface area contributed by atoms with Crippen LogP contribution in [-0.2, 0) is 16.7 Å². The monoisotopic (exact) mass is 400 g/mol. The fourth-order valence-corrected chi connectivity index (χ4v) is 3.88. The van der Waals surface area contributed by atoms with E-state index in [0.717, 1.165) is 11.1 Å². The molecule has 0 amide bonds. The number of aliphatic hydroxyl groups is 1. The number of nitrogens with one attached hydrogen (secondary N) is 1. The molecule has 1 heterocycles. The summed E-state index contributed by atoms with van der Waals surface area (Å²) in [4.78, 5) is 8.05. The van der Waals surface area contributed by atoms with E-state index in [2.05, 4.69) is 14.7 Å². The molecule has 0 aliphatic rings. The molecule has 0 spiro atoms. The van der Waals surface area contributed by atoms with Crippen LogP contribution in [0.3, 0.4) is 0 Å². The summed E-state index contributed by atoms with van der Waals surface area (Å²) in [6, 6.07) is 12.0. The van der Waals surface area contributed by atoms with Gasteiger partial charge in [-0.05, 0) is 35.7 Å². The predicted octanol–water partition coefficient (Wildman–Crippen LogP) is 2.67. The summed E-state index contributed by atoms with van der Waals surface area (Å²) in [6.07, 6.45) is 2.81. The second kappa shape index (κ2) is 9.01. The largest absolute Gasteiger partial charge is 0.395 e. The molecule has 0 bridgehead atoms. The lowest BCUT2D eigenvalue weighted by Gasteiger charge is -2.13. The third-order valence-corrected chi connectivity index (χ3v) is 5.38. The van der Waals surface area contributed by atoms with E-state index in [0.29, 0.717) is 16.8 Å². The van der Waals surface area contributed by atoms with Gasteiger partial charge in [0.1, 0.15) is 11.6 Å². The highest BCUT2D eigenvalue weighted by atomic mass is 32.2. The summed E-state index contributed by atoms with van der Waals surface area (Å²) >= 11 is 0. The van der Waals surface area contributed by atoms with Crippen molar-refractivity contribution in [2.75, 3.05) is 12.3 Å². The Kier molecular flexibility index (Phi) is 6.45. The van der Waals surface area contributed by atoms with Crippen LogP contribution in [-0.4, -0.2) is 31.9 Å². The molecular weight excluding hydrogens is 379 g/mol. The lowest BCUT2D eigenvalue weighted by molar-refractivity contribution is 0.266. The zero-order chi connectivity index (χ0) is 20.1. The Morgan fingerprint density at radius 1 is 1.18 bits per heavy atom. The maximum atomic E-state index is 14.7. The number of anilines is 1. The maximum Gasteiger partial charge on any atom is 0.141 e. The average molecular weight is 400 g/mol. The molecule has 28 heavy (non-hydrogen) atoms. The smallest absolute Gasteiger partial charge is 0.141 e. The van der Waals surface area contributed by atoms with Gasteiger partial charge >= 0.3 is 0 Å². The fraction of sp³-hybridized carbons (Fsp3) is 0.200. The minimum Gasteiger partial charge on any atom is -0.395 e. The second-order valence-corrected chi connectivity index (χ2v) is 7.59. The number of benzene rings is 2. The first kappa shape index (κ1) is 20.1. The number of hydrogen-bond donors (Lipinski definition) is 3. The lowest BCUT2D eigenvalue weighted by atomic mass is 9.98. The maximum absolute atomic E-state index is 14.7. The number of rotatable bonds is 7. The van der Waals surface area contributed by atoms with Crippen LogP contribution in [0, 0.1) is 5.82 Å². The molecule has 0 aliphatic heterocycles. The van der Waals surface area contributed by atoms with Crippen molar-refractivity contribution < 1.29 is 13.7 Å². The first-order valence-electron chi connectivity index (χ1n) is 8.69. The molecule has 0 aliphatic carbocycles. The highest BCUT2D eigenvalue weighted by Crippen LogP contribution is 2.29. The van der Waals surface area contributed by atoms with Gasteiger partial charge in [0.25, 0.3) is 0 Å². The summed E-state index contributed by atoms with van der Waals surface area (Å²) in [5.41, 5.74) is 8.54. The summed E-state index contributed by atoms with van der Waals surface area (Å²) in [5.74, 6) is 0.0826. The van der Waals surface area contributed by atoms with Gasteiger partial charge in [-0.25, -0.2) is 18.3 Å². The van der Waals surface area contributed by atoms with Gasteiger partial charge in [0.05, 0.1) is 41.4 Å². The molecule has 146 valence electrons. The van der Waals surface area contributed by atoms with Crippen LogP contribution < -0.4 is 10.5 Å². The van der Waals surface area contributed by atoms with E-state index in [4.69, 9.17) is 10.8 Å². The minimum atomic E-state index is -1.36. The van der Waals surface area contributed by atoms with E-state index in [1.807, 2.05) is 24.3 Å². The van der Waals surface area contributed by atoms with Gasteiger partial charge in [0, 0.05) is 11.6 Å². The second-order valence-electron chi connectivity index (χ2n) is 6.37. The van der Waals surface area contributed by atoms with Gasteiger partial charge in [-0.3, -0.25) is 4.98 Å². The Labute approximate surface area is 165 Å². The van der Waals surface area contributed by atoms with Gasteiger partial charge in [-0.15, -0.1) is 0 Å². The molecule has 3 aromatic rings. The van der Waals surface area contributed by atoms with Crippen molar-refractivity contribution in [1.82, 2.24) is 14.7 Å². The molecule has 2 aromatic carbocycles. The zero-order valence-corrected chi connectivity index (χ0v) is 16.1. The standard InChI is InChI=1S/C20H21FN4O2S/c1-13(11-26)25-28(27)12-15-4-2-3-5-16(15)14-6-7-17(18(21)8-14)19-9-24-20(22)10-23-19/h2-10,13,25-26H,11-12H2,1H3,(H2,22,24). The van der Waals surface area contributed by atoms with E-state index >= 15 is 0 Å². The Morgan fingerprint density at radius 3 is 2.64 bits per heavy atom. The number of aromatic nitrogens is 2. The zero-order valence-electron chi connectivity index (χ0n) is 15.3. The molecule has 3 rings (SSSR count). The summed E-state index contributed by atoms with van der Waals surface area (Å²) in [6.45, 7) is 1.64. The fourth-order valence-electron chi connectivity index (χ4n) is 2.74. The summed E-state index contributed by atoms with van der Waals surface area (Å²) in [5, 5.41) is 9.09. The van der Waals surface area contributed by atoms with Crippen molar-refractivity contribution in [1.29, 1.82) is 0 Å². The van der Waals surface area contributed by atoms with E-state index in [9.17, 15) is 8.60 Å². The highest BCUT2D eigenvalue weighted by Gasteiger charge is 2.13. The van der Waals surface area contributed by atoms with Gasteiger partial charge in [-0.1, -0.05) is 30.3 Å². The number of nitrogens with zero attached hydrogens (tertiary/aromatic N) is 2. The molecule has 0 saturated carbocycles. The normalized spacial score (nSPS) is 13.2. The Hall–Kier alpha value is -2.68. The van der Waals surface area contributed by atoms with E-state index < -0.39 is 16.8 Å². The molecule has 2 unspecified atom stereocenters. The molecule has 8 heteroatoms. The van der Waals surface area contributed by atoms with Crippen LogP contribution in [0.1, 0.15) is 12.5 Å². The number of nitrogen functional groups attached to an aromatic ring is 1. The number of aliphatic hydroxyl groups excluding tert-OH is 1. The Bertz CT molecular complexity index is 982. The van der Waals surface area contributed by atoms with Gasteiger partial charge in [0.15, 0.2) is 0 Å². The topological polar surface area (TPSA) is 101 Å². The number of halogens is 1. The molecule has 0 radical (unpaired) electrons. The van der Waals surface area contributed by atoms with Crippen LogP contribution in [0.5, 0.6) is 0 Å². The first-order valence-corrected chi connectivity index (χ1v) is 10.0. The van der Waals surface area contributed by atoms with Crippen molar-refractivity contribution in [2.24, 2.45) is 0 Å². The molecule has 4 N–H and O–H groups in total. The molecule has 0 fully saturated rings. The van der Waals surface area contributed by atoms with E-state index in [1.165, 1.54) is 18.5 Å². The number of hydrogen-bond acceptors (Lipinski definition) is 5. The van der Waals surface area contributed by atoms with Crippen LogP contribution in [0.4, 0.5) is 10.2 Å². The molecule has 2 atom stereocenters. The van der Waals surface area contributed by atoms with E-state index in [-0.39, 0.29) is 24.2 Å². The SMILES string of the molecule is CC(CO)NS(=O)Cc1ccccc1-c1ccc(-c2cnc(N)cn2)c(F)c1. The Balaban J connectivity index is 1.89. The average Bonchev–Trinajstić information content (AvgIpc) is 2.69. The third-order valence-electron chi connectivity index (χ3n) is 4.14. The first-order chi connectivity index (χ1) is 13.5. The van der Waals surface area contributed by atoms with Crippen molar-refractivity contribution in [3.63, 3.8) is 0 Å². The molecule has 1 aromatic heterocycles. The lowest BCUT2D eigenvalue weighted by Crippen LogP contribution is -2.31.